The van der Waals surface area contributed by atoms with Crippen LogP contribution in [0.4, 0.5) is 0 Å². The maximum absolute atomic E-state index is 10.4. The van der Waals surface area contributed by atoms with Gasteiger partial charge in [0, 0.05) is 12.3 Å². The number of methoxy groups -OCH3 is 1. The number of hydrogen-bond acceptors (Lipinski definition) is 2. The quantitative estimate of drug-likeness (QED) is 0.259. The number of esters is 1. The molecule has 0 aromatic carbocycles. The third kappa shape index (κ3) is 6.66. The van der Waals surface area contributed by atoms with Gasteiger partial charge in [-0.1, -0.05) is 25.0 Å². The summed E-state index contributed by atoms with van der Waals surface area (Å²) in [5.41, 5.74) is 0. The van der Waals surface area contributed by atoms with Crippen molar-refractivity contribution < 1.29 is 9.53 Å². The molecular weight excluding hydrogens is 140 g/mol. The van der Waals surface area contributed by atoms with Gasteiger partial charge in [0.15, 0.2) is 0 Å². The highest BCUT2D eigenvalue weighted by atomic mass is 16.5. The fourth-order valence-electron chi connectivity index (χ4n) is 0.483. The molecule has 60 valence electrons. The summed E-state index contributed by atoms with van der Waals surface area (Å²) < 4.78 is 4.32. The van der Waals surface area contributed by atoms with Crippen LogP contribution in [0.25, 0.3) is 0 Å². The fraction of sp³-hybridized carbons (Fsp3) is 0.444. The van der Waals surface area contributed by atoms with E-state index in [2.05, 4.69) is 16.6 Å². The second kappa shape index (κ2) is 6.88. The second-order valence-corrected chi connectivity index (χ2v) is 1.88. The molecule has 0 bridgehead atoms. The van der Waals surface area contributed by atoms with Crippen LogP contribution in [0.15, 0.2) is 12.2 Å². The zero-order chi connectivity index (χ0) is 8.53. The molecule has 0 aliphatic rings. The van der Waals surface area contributed by atoms with Crippen LogP contribution in [0.5, 0.6) is 0 Å². The molecule has 0 aromatic rings. The summed E-state index contributed by atoms with van der Waals surface area (Å²) in [7, 11) is 1.32. The van der Waals surface area contributed by atoms with Crippen molar-refractivity contribution in [3.8, 4) is 11.8 Å². The topological polar surface area (TPSA) is 26.3 Å². The molecule has 0 heterocycles. The smallest absolute Gasteiger partial charge is 0.384 e. The van der Waals surface area contributed by atoms with Crippen LogP contribution >= 0.6 is 0 Å². The minimum atomic E-state index is -0.477. The van der Waals surface area contributed by atoms with Crippen molar-refractivity contribution in [2.75, 3.05) is 7.11 Å². The number of ether oxygens (including phenoxy) is 1. The van der Waals surface area contributed by atoms with E-state index in [1.165, 1.54) is 7.11 Å². The molecule has 11 heavy (non-hydrogen) atoms. The van der Waals surface area contributed by atoms with E-state index in [-0.39, 0.29) is 0 Å². The SMILES string of the molecule is CC/C=C/CC#CC(=O)OC. The van der Waals surface area contributed by atoms with E-state index in [9.17, 15) is 4.79 Å². The van der Waals surface area contributed by atoms with E-state index in [1.807, 2.05) is 19.1 Å². The Balaban J connectivity index is 3.56. The molecule has 0 saturated heterocycles. The molecule has 0 atom stereocenters. The normalized spacial score (nSPS) is 8.91. The summed E-state index contributed by atoms with van der Waals surface area (Å²) in [6.07, 6.45) is 5.55. The largest absolute Gasteiger partial charge is 0.459 e. The molecule has 0 fully saturated rings. The highest BCUT2D eigenvalue weighted by Gasteiger charge is 1.86. The first-order valence-corrected chi connectivity index (χ1v) is 3.53. The summed E-state index contributed by atoms with van der Waals surface area (Å²) in [5, 5.41) is 0. The Morgan fingerprint density at radius 2 is 2.27 bits per heavy atom. The van der Waals surface area contributed by atoms with Crippen molar-refractivity contribution in [1.82, 2.24) is 0 Å². The van der Waals surface area contributed by atoms with E-state index in [0.29, 0.717) is 6.42 Å². The van der Waals surface area contributed by atoms with Crippen LogP contribution in [-0.4, -0.2) is 13.1 Å². The van der Waals surface area contributed by atoms with Crippen LogP contribution < -0.4 is 0 Å². The molecule has 0 rings (SSSR count). The Bertz CT molecular complexity index is 193. The van der Waals surface area contributed by atoms with Crippen molar-refractivity contribution in [2.24, 2.45) is 0 Å². The molecule has 2 heteroatoms. The van der Waals surface area contributed by atoms with Crippen molar-refractivity contribution in [2.45, 2.75) is 19.8 Å². The number of allylic oxidation sites excluding steroid dienone is 2. The molecule has 0 aliphatic carbocycles. The molecule has 0 aliphatic heterocycles. The number of hydrogen-bond donors (Lipinski definition) is 0. The summed E-state index contributed by atoms with van der Waals surface area (Å²) >= 11 is 0. The van der Waals surface area contributed by atoms with Gasteiger partial charge in [0.2, 0.25) is 0 Å². The number of rotatable bonds is 2. The monoisotopic (exact) mass is 152 g/mol. The van der Waals surface area contributed by atoms with Crippen LogP contribution in [0, 0.1) is 11.8 Å². The van der Waals surface area contributed by atoms with Gasteiger partial charge >= 0.3 is 5.97 Å². The molecule has 0 aromatic heterocycles. The number of carbonyl (C=O) groups excluding carboxylic acids is 1. The van der Waals surface area contributed by atoms with Gasteiger partial charge < -0.3 is 4.74 Å². The molecule has 0 spiro atoms. The minimum Gasteiger partial charge on any atom is -0.459 e. The highest BCUT2D eigenvalue weighted by Crippen LogP contribution is 1.83. The van der Waals surface area contributed by atoms with Crippen LogP contribution in [0.2, 0.25) is 0 Å². The minimum absolute atomic E-state index is 0.477. The Labute approximate surface area is 67.2 Å². The van der Waals surface area contributed by atoms with Gasteiger partial charge in [0.25, 0.3) is 0 Å². The lowest BCUT2D eigenvalue weighted by Crippen LogP contribution is -1.93. The van der Waals surface area contributed by atoms with E-state index in [4.69, 9.17) is 0 Å². The summed E-state index contributed by atoms with van der Waals surface area (Å²) in [5.74, 6) is 4.51. The lowest BCUT2D eigenvalue weighted by Gasteiger charge is -1.83. The van der Waals surface area contributed by atoms with Crippen molar-refractivity contribution >= 4 is 5.97 Å². The van der Waals surface area contributed by atoms with Gasteiger partial charge in [0.05, 0.1) is 7.11 Å². The average Bonchev–Trinajstić information content (AvgIpc) is 2.04. The summed E-state index contributed by atoms with van der Waals surface area (Å²) in [4.78, 5) is 10.4. The predicted octanol–water partition coefficient (Wildman–Crippen LogP) is 1.52. The van der Waals surface area contributed by atoms with Crippen LogP contribution in [0.1, 0.15) is 19.8 Å². The van der Waals surface area contributed by atoms with Gasteiger partial charge in [-0.2, -0.15) is 0 Å². The Hall–Kier alpha value is -1.23. The Morgan fingerprint density at radius 1 is 1.55 bits per heavy atom. The fourth-order valence-corrected chi connectivity index (χ4v) is 0.483. The third-order valence-electron chi connectivity index (χ3n) is 0.998. The van der Waals surface area contributed by atoms with Crippen molar-refractivity contribution in [3.63, 3.8) is 0 Å². The van der Waals surface area contributed by atoms with Gasteiger partial charge in [-0.3, -0.25) is 0 Å². The summed E-state index contributed by atoms with van der Waals surface area (Å²) in [6, 6.07) is 0. The van der Waals surface area contributed by atoms with Crippen molar-refractivity contribution in [3.05, 3.63) is 12.2 Å². The molecule has 0 unspecified atom stereocenters. The van der Waals surface area contributed by atoms with E-state index in [1.54, 1.807) is 0 Å². The van der Waals surface area contributed by atoms with Crippen molar-refractivity contribution in [1.29, 1.82) is 0 Å². The molecular formula is C9H12O2. The zero-order valence-corrected chi connectivity index (χ0v) is 6.89. The molecule has 0 amide bonds. The maximum Gasteiger partial charge on any atom is 0.384 e. The third-order valence-corrected chi connectivity index (χ3v) is 0.998. The first-order valence-electron chi connectivity index (χ1n) is 3.53. The molecule has 0 radical (unpaired) electrons. The predicted molar refractivity (Wildman–Crippen MR) is 43.8 cm³/mol. The molecule has 0 N–H and O–H groups in total. The Morgan fingerprint density at radius 3 is 2.82 bits per heavy atom. The first-order chi connectivity index (χ1) is 5.31. The van der Waals surface area contributed by atoms with E-state index in [0.717, 1.165) is 6.42 Å². The number of carbonyl (C=O) groups is 1. The first kappa shape index (κ1) is 9.77. The summed E-state index contributed by atoms with van der Waals surface area (Å²) in [6.45, 7) is 2.05. The van der Waals surface area contributed by atoms with Gasteiger partial charge in [-0.25, -0.2) is 4.79 Å². The van der Waals surface area contributed by atoms with Gasteiger partial charge in [-0.05, 0) is 6.42 Å². The second-order valence-electron chi connectivity index (χ2n) is 1.88. The molecule has 0 saturated carbocycles. The average molecular weight is 152 g/mol. The molecule has 2 nitrogen and oxygen atoms in total. The van der Waals surface area contributed by atoms with Gasteiger partial charge in [-0.15, -0.1) is 0 Å². The lowest BCUT2D eigenvalue weighted by molar-refractivity contribution is -0.133. The Kier molecular flexibility index (Phi) is 6.11. The van der Waals surface area contributed by atoms with Gasteiger partial charge in [0.1, 0.15) is 0 Å². The van der Waals surface area contributed by atoms with Crippen LogP contribution in [0.3, 0.4) is 0 Å². The van der Waals surface area contributed by atoms with E-state index < -0.39 is 5.97 Å². The standard InChI is InChI=1S/C9H12O2/c1-3-4-5-6-7-8-9(10)11-2/h4-5H,3,6H2,1-2H3/b5-4+. The lowest BCUT2D eigenvalue weighted by atomic mass is 10.3. The van der Waals surface area contributed by atoms with Crippen LogP contribution in [-0.2, 0) is 9.53 Å². The maximum atomic E-state index is 10.4. The highest BCUT2D eigenvalue weighted by molar-refractivity contribution is 5.88. The zero-order valence-electron chi connectivity index (χ0n) is 6.89. The van der Waals surface area contributed by atoms with E-state index >= 15 is 0 Å².